The molecule has 1 aromatic heterocycles. The van der Waals surface area contributed by atoms with Gasteiger partial charge in [0.1, 0.15) is 11.8 Å². The Bertz CT molecular complexity index is 597. The quantitative estimate of drug-likeness (QED) is 0.934. The highest BCUT2D eigenvalue weighted by molar-refractivity contribution is 6.05. The van der Waals surface area contributed by atoms with E-state index in [1.165, 1.54) is 0 Å². The third-order valence-corrected chi connectivity index (χ3v) is 4.19. The van der Waals surface area contributed by atoms with Gasteiger partial charge in [-0.15, -0.1) is 0 Å². The van der Waals surface area contributed by atoms with Crippen LogP contribution < -0.4 is 5.73 Å². The molecule has 0 atom stereocenters. The second-order valence-electron chi connectivity index (χ2n) is 5.46. The van der Waals surface area contributed by atoms with E-state index in [0.717, 1.165) is 49.9 Å². The number of rotatable bonds is 3. The molecule has 106 valence electrons. The molecular formula is C16H20N2O2. The maximum atomic E-state index is 12.6. The van der Waals surface area contributed by atoms with Crippen molar-refractivity contribution in [1.82, 2.24) is 4.90 Å². The van der Waals surface area contributed by atoms with Gasteiger partial charge in [0.15, 0.2) is 0 Å². The van der Waals surface area contributed by atoms with E-state index in [0.29, 0.717) is 11.5 Å². The zero-order valence-corrected chi connectivity index (χ0v) is 11.5. The van der Waals surface area contributed by atoms with Crippen LogP contribution in [0.4, 0.5) is 0 Å². The number of furan rings is 1. The molecule has 3 rings (SSSR count). The van der Waals surface area contributed by atoms with E-state index in [4.69, 9.17) is 10.2 Å². The molecule has 1 amide bonds. The van der Waals surface area contributed by atoms with Crippen LogP contribution in [0.15, 0.2) is 34.9 Å². The minimum absolute atomic E-state index is 0.0844. The minimum Gasteiger partial charge on any atom is -0.463 e. The number of carbonyl (C=O) groups excluding carboxylic acids is 1. The summed E-state index contributed by atoms with van der Waals surface area (Å²) in [5.41, 5.74) is 7.05. The van der Waals surface area contributed by atoms with Gasteiger partial charge in [0.25, 0.3) is 5.91 Å². The molecule has 0 bridgehead atoms. The van der Waals surface area contributed by atoms with Gasteiger partial charge in [-0.05, 0) is 37.8 Å². The van der Waals surface area contributed by atoms with Crippen LogP contribution in [-0.2, 0) is 0 Å². The number of benzene rings is 1. The van der Waals surface area contributed by atoms with Crippen molar-refractivity contribution in [3.63, 3.8) is 0 Å². The molecular weight excluding hydrogens is 252 g/mol. The van der Waals surface area contributed by atoms with Crippen molar-refractivity contribution >= 4 is 16.9 Å². The first kappa shape index (κ1) is 13.2. The summed E-state index contributed by atoms with van der Waals surface area (Å²) in [7, 11) is 0. The molecule has 1 saturated heterocycles. The lowest BCUT2D eigenvalue weighted by molar-refractivity contribution is 0.0689. The van der Waals surface area contributed by atoms with E-state index in [-0.39, 0.29) is 5.91 Å². The van der Waals surface area contributed by atoms with Gasteiger partial charge in [0, 0.05) is 18.5 Å². The summed E-state index contributed by atoms with van der Waals surface area (Å²) in [6.07, 6.45) is 4.76. The molecule has 2 aromatic rings. The summed E-state index contributed by atoms with van der Waals surface area (Å²) in [5, 5.41) is 0.904. The Morgan fingerprint density at radius 3 is 2.80 bits per heavy atom. The van der Waals surface area contributed by atoms with Crippen LogP contribution in [0.2, 0.25) is 0 Å². The van der Waals surface area contributed by atoms with Crippen molar-refractivity contribution in [2.45, 2.75) is 19.3 Å². The highest BCUT2D eigenvalue weighted by Crippen LogP contribution is 2.25. The topological polar surface area (TPSA) is 59.5 Å². The van der Waals surface area contributed by atoms with Crippen LogP contribution in [0.3, 0.4) is 0 Å². The average molecular weight is 272 g/mol. The fraction of sp³-hybridized carbons (Fsp3) is 0.438. The molecule has 4 heteroatoms. The van der Waals surface area contributed by atoms with E-state index in [2.05, 4.69) is 0 Å². The molecule has 2 heterocycles. The summed E-state index contributed by atoms with van der Waals surface area (Å²) < 4.78 is 5.46. The standard InChI is InChI=1S/C16H20N2O2/c17-8-5-12-6-9-18(10-7-12)16(19)14-11-20-15-4-2-1-3-13(14)15/h1-4,11-12H,5-10,17H2. The number of nitrogens with zero attached hydrogens (tertiary/aromatic N) is 1. The summed E-state index contributed by atoms with van der Waals surface area (Å²) in [5.74, 6) is 0.756. The Kier molecular flexibility index (Phi) is 3.74. The first-order valence-electron chi connectivity index (χ1n) is 7.25. The van der Waals surface area contributed by atoms with Crippen LogP contribution in [0, 0.1) is 5.92 Å². The first-order valence-corrected chi connectivity index (χ1v) is 7.25. The predicted octanol–water partition coefficient (Wildman–Crippen LogP) is 2.63. The zero-order valence-electron chi connectivity index (χ0n) is 11.5. The lowest BCUT2D eigenvalue weighted by atomic mass is 9.93. The van der Waals surface area contributed by atoms with Gasteiger partial charge in [0.05, 0.1) is 5.56 Å². The second kappa shape index (κ2) is 5.67. The number of hydrogen-bond donors (Lipinski definition) is 1. The van der Waals surface area contributed by atoms with E-state index >= 15 is 0 Å². The van der Waals surface area contributed by atoms with Crippen LogP contribution >= 0.6 is 0 Å². The third kappa shape index (κ3) is 2.43. The first-order chi connectivity index (χ1) is 9.79. The molecule has 0 unspecified atom stereocenters. The van der Waals surface area contributed by atoms with Crippen molar-refractivity contribution in [3.8, 4) is 0 Å². The smallest absolute Gasteiger partial charge is 0.257 e. The van der Waals surface area contributed by atoms with Crippen molar-refractivity contribution < 1.29 is 9.21 Å². The Hall–Kier alpha value is -1.81. The number of likely N-dealkylation sites (tertiary alicyclic amines) is 1. The van der Waals surface area contributed by atoms with Crippen LogP contribution in [0.5, 0.6) is 0 Å². The normalized spacial score (nSPS) is 16.8. The average Bonchev–Trinajstić information content (AvgIpc) is 2.92. The van der Waals surface area contributed by atoms with Gasteiger partial charge in [-0.3, -0.25) is 4.79 Å². The number of nitrogens with two attached hydrogens (primary N) is 1. The van der Waals surface area contributed by atoms with Crippen LogP contribution in [0.25, 0.3) is 11.0 Å². The van der Waals surface area contributed by atoms with Gasteiger partial charge in [0.2, 0.25) is 0 Å². The van der Waals surface area contributed by atoms with Gasteiger partial charge in [-0.25, -0.2) is 0 Å². The zero-order chi connectivity index (χ0) is 13.9. The lowest BCUT2D eigenvalue weighted by Crippen LogP contribution is -2.38. The number of carbonyl (C=O) groups is 1. The van der Waals surface area contributed by atoms with Crippen molar-refractivity contribution in [2.75, 3.05) is 19.6 Å². The van der Waals surface area contributed by atoms with Gasteiger partial charge >= 0.3 is 0 Å². The molecule has 20 heavy (non-hydrogen) atoms. The van der Waals surface area contributed by atoms with E-state index in [1.807, 2.05) is 29.2 Å². The summed E-state index contributed by atoms with van der Waals surface area (Å²) in [6, 6.07) is 7.67. The molecule has 0 aliphatic carbocycles. The molecule has 0 spiro atoms. The number of hydrogen-bond acceptors (Lipinski definition) is 3. The fourth-order valence-corrected chi connectivity index (χ4v) is 2.97. The highest BCUT2D eigenvalue weighted by atomic mass is 16.3. The molecule has 0 saturated carbocycles. The minimum atomic E-state index is 0.0844. The van der Waals surface area contributed by atoms with Gasteiger partial charge in [-0.2, -0.15) is 0 Å². The van der Waals surface area contributed by atoms with Crippen molar-refractivity contribution in [3.05, 3.63) is 36.1 Å². The highest BCUT2D eigenvalue weighted by Gasteiger charge is 2.25. The van der Waals surface area contributed by atoms with E-state index in [9.17, 15) is 4.79 Å². The molecule has 1 fully saturated rings. The summed E-state index contributed by atoms with van der Waals surface area (Å²) in [4.78, 5) is 14.5. The van der Waals surface area contributed by atoms with Crippen LogP contribution in [0.1, 0.15) is 29.6 Å². The Labute approximate surface area is 118 Å². The van der Waals surface area contributed by atoms with Crippen LogP contribution in [-0.4, -0.2) is 30.4 Å². The van der Waals surface area contributed by atoms with Crippen molar-refractivity contribution in [2.24, 2.45) is 11.7 Å². The van der Waals surface area contributed by atoms with Gasteiger partial charge in [-0.1, -0.05) is 18.2 Å². The Morgan fingerprint density at radius 2 is 2.05 bits per heavy atom. The van der Waals surface area contributed by atoms with Gasteiger partial charge < -0.3 is 15.1 Å². The predicted molar refractivity (Wildman–Crippen MR) is 78.5 cm³/mol. The van der Waals surface area contributed by atoms with E-state index < -0.39 is 0 Å². The lowest BCUT2D eigenvalue weighted by Gasteiger charge is -2.31. The number of piperidine rings is 1. The fourth-order valence-electron chi connectivity index (χ4n) is 2.97. The largest absolute Gasteiger partial charge is 0.463 e. The third-order valence-electron chi connectivity index (χ3n) is 4.19. The SMILES string of the molecule is NCCC1CCN(C(=O)c2coc3ccccc23)CC1. The van der Waals surface area contributed by atoms with E-state index in [1.54, 1.807) is 6.26 Å². The maximum absolute atomic E-state index is 12.6. The summed E-state index contributed by atoms with van der Waals surface area (Å²) in [6.45, 7) is 2.39. The molecule has 2 N–H and O–H groups in total. The Morgan fingerprint density at radius 1 is 1.30 bits per heavy atom. The Balaban J connectivity index is 1.74. The molecule has 1 aromatic carbocycles. The maximum Gasteiger partial charge on any atom is 0.257 e. The van der Waals surface area contributed by atoms with Crippen molar-refractivity contribution in [1.29, 1.82) is 0 Å². The summed E-state index contributed by atoms with van der Waals surface area (Å²) >= 11 is 0. The second-order valence-corrected chi connectivity index (χ2v) is 5.46. The number of fused-ring (bicyclic) bond motifs is 1. The molecule has 1 aliphatic rings. The molecule has 1 aliphatic heterocycles. The monoisotopic (exact) mass is 272 g/mol. The molecule has 0 radical (unpaired) electrons. The number of amides is 1. The number of para-hydroxylation sites is 1. The molecule has 4 nitrogen and oxygen atoms in total.